The molecule has 0 spiro atoms. The monoisotopic (exact) mass is 264 g/mol. The third-order valence-electron chi connectivity index (χ3n) is 3.72. The first kappa shape index (κ1) is 11.8. The normalized spacial score (nSPS) is 24.3. The summed E-state index contributed by atoms with van der Waals surface area (Å²) in [5.41, 5.74) is 0.824. The van der Waals surface area contributed by atoms with Crippen LogP contribution in [-0.4, -0.2) is 20.6 Å². The maximum atomic E-state index is 5.93. The molecular weight excluding hydrogens is 248 g/mol. The lowest BCUT2D eigenvalue weighted by atomic mass is 9.86. The van der Waals surface area contributed by atoms with E-state index in [1.807, 2.05) is 12.1 Å². The molecule has 0 saturated heterocycles. The predicted octanol–water partition coefficient (Wildman–Crippen LogP) is 3.37. The van der Waals surface area contributed by atoms with Gasteiger partial charge in [0.05, 0.1) is 5.02 Å². The van der Waals surface area contributed by atoms with Crippen molar-refractivity contribution in [2.24, 2.45) is 5.92 Å². The van der Waals surface area contributed by atoms with Gasteiger partial charge in [-0.3, -0.25) is 0 Å². The summed E-state index contributed by atoms with van der Waals surface area (Å²) in [5.74, 6) is 1.39. The zero-order valence-electron chi connectivity index (χ0n) is 10.4. The first-order chi connectivity index (χ1) is 8.72. The molecule has 1 aliphatic rings. The molecule has 96 valence electrons. The van der Waals surface area contributed by atoms with Crippen LogP contribution in [0.3, 0.4) is 0 Å². The first-order valence-electron chi connectivity index (χ1n) is 6.51. The first-order valence-corrected chi connectivity index (χ1v) is 6.88. The van der Waals surface area contributed by atoms with E-state index in [0.717, 1.165) is 5.65 Å². The predicted molar refractivity (Wildman–Crippen MR) is 73.0 cm³/mol. The maximum absolute atomic E-state index is 5.93. The van der Waals surface area contributed by atoms with Crippen molar-refractivity contribution < 1.29 is 0 Å². The highest BCUT2D eigenvalue weighted by molar-refractivity contribution is 6.30. The Balaban J connectivity index is 1.81. The molecule has 0 radical (unpaired) electrons. The number of hydrogen-bond acceptors (Lipinski definition) is 3. The van der Waals surface area contributed by atoms with Gasteiger partial charge in [0.15, 0.2) is 5.65 Å². The van der Waals surface area contributed by atoms with Crippen molar-refractivity contribution in [3.05, 3.63) is 23.4 Å². The van der Waals surface area contributed by atoms with Gasteiger partial charge < -0.3 is 5.32 Å². The van der Waals surface area contributed by atoms with Crippen LogP contribution in [0.4, 0.5) is 5.95 Å². The van der Waals surface area contributed by atoms with Crippen LogP contribution < -0.4 is 5.32 Å². The topological polar surface area (TPSA) is 42.2 Å². The summed E-state index contributed by atoms with van der Waals surface area (Å²) in [6.45, 7) is 2.30. The minimum atomic E-state index is 0.492. The van der Waals surface area contributed by atoms with Crippen LogP contribution in [0, 0.1) is 5.92 Å². The number of nitrogens with zero attached hydrogens (tertiary/aromatic N) is 3. The van der Waals surface area contributed by atoms with E-state index < -0.39 is 0 Å². The Hall–Kier alpha value is -1.29. The third-order valence-corrected chi connectivity index (χ3v) is 3.94. The quantitative estimate of drug-likeness (QED) is 0.904. The Bertz CT molecular complexity index is 551. The SMILES string of the molecule is CC1CCCCC1Nc1nc2ccc(Cl)cn2n1. The summed E-state index contributed by atoms with van der Waals surface area (Å²) < 4.78 is 1.72. The van der Waals surface area contributed by atoms with Crippen LogP contribution in [0.2, 0.25) is 5.02 Å². The second-order valence-electron chi connectivity index (χ2n) is 5.10. The van der Waals surface area contributed by atoms with Gasteiger partial charge in [-0.1, -0.05) is 31.4 Å². The average Bonchev–Trinajstić information content (AvgIpc) is 2.73. The number of aromatic nitrogens is 3. The van der Waals surface area contributed by atoms with Gasteiger partial charge in [0, 0.05) is 12.2 Å². The Morgan fingerprint density at radius 1 is 1.33 bits per heavy atom. The second-order valence-corrected chi connectivity index (χ2v) is 5.53. The Labute approximate surface area is 111 Å². The van der Waals surface area contributed by atoms with E-state index >= 15 is 0 Å². The average molecular weight is 265 g/mol. The number of anilines is 1. The van der Waals surface area contributed by atoms with E-state index in [1.54, 1.807) is 10.7 Å². The number of rotatable bonds is 2. The van der Waals surface area contributed by atoms with Gasteiger partial charge in [0.1, 0.15) is 0 Å². The van der Waals surface area contributed by atoms with Crippen LogP contribution >= 0.6 is 11.6 Å². The minimum Gasteiger partial charge on any atom is -0.350 e. The van der Waals surface area contributed by atoms with Gasteiger partial charge in [0.25, 0.3) is 0 Å². The molecule has 18 heavy (non-hydrogen) atoms. The van der Waals surface area contributed by atoms with Gasteiger partial charge >= 0.3 is 0 Å². The third kappa shape index (κ3) is 2.29. The van der Waals surface area contributed by atoms with Crippen molar-refractivity contribution in [1.29, 1.82) is 0 Å². The highest BCUT2D eigenvalue weighted by Gasteiger charge is 2.22. The number of halogens is 1. The molecule has 1 N–H and O–H groups in total. The van der Waals surface area contributed by atoms with Crippen molar-refractivity contribution in [2.75, 3.05) is 5.32 Å². The lowest BCUT2D eigenvalue weighted by Crippen LogP contribution is -2.30. The van der Waals surface area contributed by atoms with Gasteiger partial charge in [-0.15, -0.1) is 5.10 Å². The molecule has 2 atom stereocenters. The van der Waals surface area contributed by atoms with Crippen LogP contribution in [0.5, 0.6) is 0 Å². The molecule has 1 saturated carbocycles. The highest BCUT2D eigenvalue weighted by atomic mass is 35.5. The van der Waals surface area contributed by atoms with Crippen LogP contribution in [0.15, 0.2) is 18.3 Å². The maximum Gasteiger partial charge on any atom is 0.243 e. The van der Waals surface area contributed by atoms with Crippen LogP contribution in [0.25, 0.3) is 5.65 Å². The van der Waals surface area contributed by atoms with Crippen molar-refractivity contribution in [1.82, 2.24) is 14.6 Å². The lowest BCUT2D eigenvalue weighted by molar-refractivity contribution is 0.348. The molecule has 0 amide bonds. The van der Waals surface area contributed by atoms with E-state index in [9.17, 15) is 0 Å². The summed E-state index contributed by atoms with van der Waals surface area (Å²) in [6.07, 6.45) is 6.91. The molecule has 3 rings (SSSR count). The van der Waals surface area contributed by atoms with Gasteiger partial charge in [-0.2, -0.15) is 4.98 Å². The molecule has 1 aliphatic carbocycles. The Morgan fingerprint density at radius 3 is 3.00 bits per heavy atom. The largest absolute Gasteiger partial charge is 0.350 e. The van der Waals surface area contributed by atoms with Crippen LogP contribution in [0.1, 0.15) is 32.6 Å². The van der Waals surface area contributed by atoms with Crippen LogP contribution in [-0.2, 0) is 0 Å². The Morgan fingerprint density at radius 2 is 2.17 bits per heavy atom. The van der Waals surface area contributed by atoms with Crippen molar-refractivity contribution in [2.45, 2.75) is 38.6 Å². The molecule has 2 aromatic rings. The fourth-order valence-electron chi connectivity index (χ4n) is 2.62. The molecule has 2 unspecified atom stereocenters. The summed E-state index contributed by atoms with van der Waals surface area (Å²) >= 11 is 5.93. The zero-order valence-corrected chi connectivity index (χ0v) is 11.2. The van der Waals surface area contributed by atoms with Gasteiger partial charge in [0.2, 0.25) is 5.95 Å². The molecule has 4 nitrogen and oxygen atoms in total. The standard InChI is InChI=1S/C13H17ClN4/c1-9-4-2-3-5-11(9)15-13-16-12-7-6-10(14)8-18(12)17-13/h6-9,11H,2-5H2,1H3,(H,15,17). The molecule has 2 heterocycles. The second kappa shape index (κ2) is 4.76. The molecule has 0 bridgehead atoms. The fourth-order valence-corrected chi connectivity index (χ4v) is 2.77. The van der Waals surface area contributed by atoms with E-state index in [4.69, 9.17) is 11.6 Å². The number of nitrogens with one attached hydrogen (secondary N) is 1. The molecular formula is C13H17ClN4. The molecule has 1 fully saturated rings. The molecule has 5 heteroatoms. The minimum absolute atomic E-state index is 0.492. The molecule has 0 aliphatic heterocycles. The number of pyridine rings is 1. The van der Waals surface area contributed by atoms with Gasteiger partial charge in [-0.05, 0) is 30.9 Å². The van der Waals surface area contributed by atoms with E-state index in [-0.39, 0.29) is 0 Å². The Kier molecular flexibility index (Phi) is 3.12. The number of fused-ring (bicyclic) bond motifs is 1. The summed E-state index contributed by atoms with van der Waals surface area (Å²) in [7, 11) is 0. The summed E-state index contributed by atoms with van der Waals surface area (Å²) in [4.78, 5) is 4.46. The van der Waals surface area contributed by atoms with E-state index in [1.165, 1.54) is 25.7 Å². The smallest absolute Gasteiger partial charge is 0.243 e. The molecule has 2 aromatic heterocycles. The van der Waals surface area contributed by atoms with Crippen molar-refractivity contribution >= 4 is 23.2 Å². The van der Waals surface area contributed by atoms with E-state index in [2.05, 4.69) is 22.3 Å². The number of hydrogen-bond donors (Lipinski definition) is 1. The summed E-state index contributed by atoms with van der Waals surface area (Å²) in [5, 5.41) is 8.54. The van der Waals surface area contributed by atoms with Gasteiger partial charge in [-0.25, -0.2) is 4.52 Å². The highest BCUT2D eigenvalue weighted by Crippen LogP contribution is 2.26. The zero-order chi connectivity index (χ0) is 12.5. The van der Waals surface area contributed by atoms with Crippen molar-refractivity contribution in [3.8, 4) is 0 Å². The summed E-state index contributed by atoms with van der Waals surface area (Å²) in [6, 6.07) is 4.20. The van der Waals surface area contributed by atoms with Crippen molar-refractivity contribution in [3.63, 3.8) is 0 Å². The molecule has 0 aromatic carbocycles. The fraction of sp³-hybridized carbons (Fsp3) is 0.538. The lowest BCUT2D eigenvalue weighted by Gasteiger charge is -2.28. The van der Waals surface area contributed by atoms with E-state index in [0.29, 0.717) is 22.9 Å².